The minimum absolute atomic E-state index is 0.0244. The maximum atomic E-state index is 12.9. The van der Waals surface area contributed by atoms with Crippen molar-refractivity contribution in [3.05, 3.63) is 47.4 Å². The average Bonchev–Trinajstić information content (AvgIpc) is 3.34. The van der Waals surface area contributed by atoms with Gasteiger partial charge in [-0.25, -0.2) is 9.50 Å². The summed E-state index contributed by atoms with van der Waals surface area (Å²) in [5.74, 6) is 1.65. The number of aromatic nitrogens is 3. The Balaban J connectivity index is 1.31. The van der Waals surface area contributed by atoms with Crippen LogP contribution in [-0.4, -0.2) is 53.1 Å². The van der Waals surface area contributed by atoms with E-state index >= 15 is 0 Å². The molecule has 0 atom stereocenters. The van der Waals surface area contributed by atoms with Crippen LogP contribution in [0, 0.1) is 6.92 Å². The zero-order valence-electron chi connectivity index (χ0n) is 15.6. The molecule has 2 aliphatic rings. The van der Waals surface area contributed by atoms with Crippen LogP contribution >= 0.6 is 0 Å². The number of piperidine rings is 1. The normalized spacial score (nSPS) is 16.7. The molecular weight excluding hydrogens is 355 g/mol. The molecule has 4 heterocycles. The van der Waals surface area contributed by atoms with Gasteiger partial charge in [0.15, 0.2) is 11.5 Å². The van der Waals surface area contributed by atoms with Crippen LogP contribution < -0.4 is 14.9 Å². The molecule has 2 radical (unpaired) electrons. The third kappa shape index (κ3) is 2.80. The molecule has 0 spiro atoms. The zero-order valence-corrected chi connectivity index (χ0v) is 15.6. The molecule has 1 aromatic carbocycles. The summed E-state index contributed by atoms with van der Waals surface area (Å²) in [5, 5.41) is 4.25. The number of ether oxygens (including phenoxy) is 2. The molecule has 0 unspecified atom stereocenters. The molecule has 2 aromatic heterocycles. The number of benzene rings is 1. The lowest BCUT2D eigenvalue weighted by Crippen LogP contribution is -2.38. The summed E-state index contributed by atoms with van der Waals surface area (Å²) in [6.07, 6.45) is 3.37. The maximum Gasteiger partial charge on any atom is 0.253 e. The Morgan fingerprint density at radius 1 is 1.18 bits per heavy atom. The lowest BCUT2D eigenvalue weighted by atomic mass is 9.92. The van der Waals surface area contributed by atoms with Gasteiger partial charge in [-0.2, -0.15) is 5.10 Å². The Bertz CT molecular complexity index is 1070. The number of amides is 1. The highest BCUT2D eigenvalue weighted by atomic mass is 16.7. The molecule has 140 valence electrons. The second-order valence-electron chi connectivity index (χ2n) is 7.29. The van der Waals surface area contributed by atoms with Crippen molar-refractivity contribution >= 4 is 24.9 Å². The first-order chi connectivity index (χ1) is 13.6. The fraction of sp³-hybridized carbons (Fsp3) is 0.350. The number of rotatable bonds is 2. The van der Waals surface area contributed by atoms with Crippen molar-refractivity contribution in [1.29, 1.82) is 0 Å². The predicted molar refractivity (Wildman–Crippen MR) is 104 cm³/mol. The van der Waals surface area contributed by atoms with Gasteiger partial charge in [-0.15, -0.1) is 0 Å². The minimum Gasteiger partial charge on any atom is -0.454 e. The second-order valence-corrected chi connectivity index (χ2v) is 7.29. The van der Waals surface area contributed by atoms with E-state index in [1.807, 2.05) is 11.8 Å². The quantitative estimate of drug-likeness (QED) is 0.637. The summed E-state index contributed by atoms with van der Waals surface area (Å²) < 4.78 is 12.5. The van der Waals surface area contributed by atoms with E-state index in [1.54, 1.807) is 28.9 Å². The molecule has 7 nitrogen and oxygen atoms in total. The summed E-state index contributed by atoms with van der Waals surface area (Å²) in [7, 11) is 5.99. The lowest BCUT2D eigenvalue weighted by molar-refractivity contribution is 0.0711. The van der Waals surface area contributed by atoms with Crippen LogP contribution in [0.1, 0.15) is 40.5 Å². The number of aryl methyl sites for hydroxylation is 1. The van der Waals surface area contributed by atoms with E-state index in [0.717, 1.165) is 24.2 Å². The minimum atomic E-state index is 0.0244. The molecule has 0 N–H and O–H groups in total. The van der Waals surface area contributed by atoms with Crippen molar-refractivity contribution < 1.29 is 14.3 Å². The van der Waals surface area contributed by atoms with Crippen molar-refractivity contribution in [2.24, 2.45) is 0 Å². The highest BCUT2D eigenvalue weighted by Crippen LogP contribution is 2.34. The van der Waals surface area contributed by atoms with Crippen LogP contribution in [0.25, 0.3) is 5.65 Å². The summed E-state index contributed by atoms with van der Waals surface area (Å²) in [6.45, 7) is 3.59. The molecule has 1 fully saturated rings. The highest BCUT2D eigenvalue weighted by Gasteiger charge is 2.27. The van der Waals surface area contributed by atoms with Crippen molar-refractivity contribution in [2.75, 3.05) is 19.9 Å². The molecule has 8 heteroatoms. The Hall–Kier alpha value is -3.03. The summed E-state index contributed by atoms with van der Waals surface area (Å²) >= 11 is 0. The van der Waals surface area contributed by atoms with Crippen molar-refractivity contribution in [3.8, 4) is 11.5 Å². The van der Waals surface area contributed by atoms with E-state index in [0.29, 0.717) is 47.2 Å². The van der Waals surface area contributed by atoms with Gasteiger partial charge in [0.05, 0.1) is 0 Å². The fourth-order valence-electron chi connectivity index (χ4n) is 3.95. The zero-order chi connectivity index (χ0) is 19.3. The van der Waals surface area contributed by atoms with Gasteiger partial charge in [0.25, 0.3) is 5.91 Å². The van der Waals surface area contributed by atoms with Gasteiger partial charge in [0, 0.05) is 42.2 Å². The third-order valence-corrected chi connectivity index (χ3v) is 5.52. The van der Waals surface area contributed by atoms with Crippen LogP contribution in [0.3, 0.4) is 0 Å². The van der Waals surface area contributed by atoms with E-state index in [1.165, 1.54) is 0 Å². The molecule has 5 rings (SSSR count). The number of carbonyl (C=O) groups is 1. The van der Waals surface area contributed by atoms with Gasteiger partial charge >= 0.3 is 0 Å². The molecule has 0 saturated carbocycles. The second kappa shape index (κ2) is 6.54. The molecule has 3 aromatic rings. The topological polar surface area (TPSA) is 69.0 Å². The number of hydrogen-bond donors (Lipinski definition) is 0. The van der Waals surface area contributed by atoms with Gasteiger partial charge in [0.1, 0.15) is 13.5 Å². The number of nitrogens with zero attached hydrogens (tertiary/aromatic N) is 4. The van der Waals surface area contributed by atoms with E-state index < -0.39 is 0 Å². The van der Waals surface area contributed by atoms with Gasteiger partial charge in [-0.05, 0) is 49.5 Å². The predicted octanol–water partition coefficient (Wildman–Crippen LogP) is 1.58. The first kappa shape index (κ1) is 17.1. The first-order valence-corrected chi connectivity index (χ1v) is 9.40. The molecule has 0 aliphatic carbocycles. The van der Waals surface area contributed by atoms with Crippen LogP contribution in [-0.2, 0) is 0 Å². The van der Waals surface area contributed by atoms with E-state index in [2.05, 4.69) is 11.2 Å². The van der Waals surface area contributed by atoms with Crippen LogP contribution in [0.15, 0.2) is 30.5 Å². The smallest absolute Gasteiger partial charge is 0.253 e. The van der Waals surface area contributed by atoms with Crippen molar-refractivity contribution in [1.82, 2.24) is 19.5 Å². The first-order valence-electron chi connectivity index (χ1n) is 9.40. The van der Waals surface area contributed by atoms with Crippen LogP contribution in [0.2, 0.25) is 0 Å². The molecular formula is C20H19BN4O3. The molecule has 1 amide bonds. The lowest BCUT2D eigenvalue weighted by Gasteiger charge is -2.32. The Labute approximate surface area is 163 Å². The molecule has 2 aliphatic heterocycles. The van der Waals surface area contributed by atoms with E-state index in [4.69, 9.17) is 22.3 Å². The fourth-order valence-corrected chi connectivity index (χ4v) is 3.95. The monoisotopic (exact) mass is 374 g/mol. The molecule has 1 saturated heterocycles. The number of fused-ring (bicyclic) bond motifs is 2. The average molecular weight is 374 g/mol. The van der Waals surface area contributed by atoms with E-state index in [-0.39, 0.29) is 12.7 Å². The Morgan fingerprint density at radius 3 is 2.79 bits per heavy atom. The number of carbonyl (C=O) groups excluding carboxylic acids is 1. The van der Waals surface area contributed by atoms with Gasteiger partial charge in [0.2, 0.25) is 6.79 Å². The molecule has 0 bridgehead atoms. The highest BCUT2D eigenvalue weighted by molar-refractivity contribution is 6.36. The number of hydrogen-bond acceptors (Lipinski definition) is 5. The molecule has 28 heavy (non-hydrogen) atoms. The Morgan fingerprint density at radius 2 is 1.96 bits per heavy atom. The third-order valence-electron chi connectivity index (χ3n) is 5.52. The number of likely N-dealkylation sites (tertiary alicyclic amines) is 1. The van der Waals surface area contributed by atoms with Crippen LogP contribution in [0.5, 0.6) is 11.5 Å². The largest absolute Gasteiger partial charge is 0.454 e. The van der Waals surface area contributed by atoms with Crippen molar-refractivity contribution in [2.45, 2.75) is 25.7 Å². The summed E-state index contributed by atoms with van der Waals surface area (Å²) in [6, 6.07) is 7.42. The van der Waals surface area contributed by atoms with E-state index in [9.17, 15) is 4.79 Å². The standard InChI is InChI=1S/C20H19BN4O3/c1-12-8-16(23-19-15(21)10-22-25(12)19)13-4-6-24(7-5-13)20(26)14-2-3-17-18(9-14)28-11-27-17/h2-3,8-10,13H,4-7,11H2,1H3. The van der Waals surface area contributed by atoms with Gasteiger partial charge < -0.3 is 14.4 Å². The summed E-state index contributed by atoms with van der Waals surface area (Å²) in [4.78, 5) is 19.5. The summed E-state index contributed by atoms with van der Waals surface area (Å²) in [5.41, 5.74) is 3.95. The van der Waals surface area contributed by atoms with Crippen molar-refractivity contribution in [3.63, 3.8) is 0 Å². The van der Waals surface area contributed by atoms with Gasteiger partial charge in [-0.1, -0.05) is 0 Å². The Kier molecular flexibility index (Phi) is 4.00. The van der Waals surface area contributed by atoms with Crippen LogP contribution in [0.4, 0.5) is 0 Å². The SMILES string of the molecule is [B]c1cnn2c(C)cc(C3CCN(C(=O)c4ccc5c(c4)OCO5)CC3)nc12. The van der Waals surface area contributed by atoms with Gasteiger partial charge in [-0.3, -0.25) is 4.79 Å². The maximum absolute atomic E-state index is 12.9.